The lowest BCUT2D eigenvalue weighted by atomic mass is 10.1. The first-order chi connectivity index (χ1) is 9.61. The average molecular weight is 324 g/mol. The molecular weight excluding hydrogens is 313 g/mol. The maximum Gasteiger partial charge on any atom is 0.238 e. The molecule has 1 N–H and O–H groups in total. The second kappa shape index (κ2) is 5.68. The van der Waals surface area contributed by atoms with Gasteiger partial charge >= 0.3 is 0 Å². The number of carbonyl (C=O) groups excluding carboxylic acids is 1. The van der Waals surface area contributed by atoms with Crippen LogP contribution in [-0.4, -0.2) is 11.2 Å². The largest absolute Gasteiger partial charge is 0.325 e. The molecule has 102 valence electrons. The van der Waals surface area contributed by atoms with E-state index in [0.29, 0.717) is 15.7 Å². The van der Waals surface area contributed by atoms with Gasteiger partial charge in [-0.05, 0) is 36.2 Å². The van der Waals surface area contributed by atoms with Crippen molar-refractivity contribution < 1.29 is 4.79 Å². The predicted molar refractivity (Wildman–Crippen MR) is 84.9 cm³/mol. The average Bonchev–Trinajstić information content (AvgIpc) is 2.81. The van der Waals surface area contributed by atoms with E-state index in [0.717, 1.165) is 6.42 Å². The van der Waals surface area contributed by atoms with Crippen LogP contribution in [-0.2, 0) is 11.2 Å². The minimum atomic E-state index is -0.106. The number of hydrogen-bond acceptors (Lipinski definition) is 2. The van der Waals surface area contributed by atoms with E-state index in [4.69, 9.17) is 23.2 Å². The van der Waals surface area contributed by atoms with Crippen molar-refractivity contribution in [1.29, 1.82) is 0 Å². The Morgan fingerprint density at radius 1 is 1.15 bits per heavy atom. The molecule has 20 heavy (non-hydrogen) atoms. The summed E-state index contributed by atoms with van der Waals surface area (Å²) in [6.45, 7) is 0. The zero-order valence-electron chi connectivity index (χ0n) is 10.4. The number of benzene rings is 2. The first kappa shape index (κ1) is 13.8. The number of anilines is 1. The Hall–Kier alpha value is -1.16. The van der Waals surface area contributed by atoms with Gasteiger partial charge in [0.2, 0.25) is 5.91 Å². The molecule has 2 nitrogen and oxygen atoms in total. The smallest absolute Gasteiger partial charge is 0.238 e. The topological polar surface area (TPSA) is 29.1 Å². The summed E-state index contributed by atoms with van der Waals surface area (Å²) in [5.41, 5.74) is 1.85. The Balaban J connectivity index is 1.72. The summed E-state index contributed by atoms with van der Waals surface area (Å²) in [7, 11) is 0. The number of rotatable bonds is 2. The van der Waals surface area contributed by atoms with Crippen LogP contribution in [0.3, 0.4) is 0 Å². The molecule has 0 bridgehead atoms. The summed E-state index contributed by atoms with van der Waals surface area (Å²) in [5.74, 6) is -0.0236. The van der Waals surface area contributed by atoms with Gasteiger partial charge in [0.1, 0.15) is 0 Å². The van der Waals surface area contributed by atoms with Gasteiger partial charge in [0.25, 0.3) is 0 Å². The van der Waals surface area contributed by atoms with E-state index >= 15 is 0 Å². The Morgan fingerprint density at radius 3 is 2.55 bits per heavy atom. The van der Waals surface area contributed by atoms with Gasteiger partial charge < -0.3 is 5.32 Å². The summed E-state index contributed by atoms with van der Waals surface area (Å²) in [4.78, 5) is 13.5. The third-order valence-electron chi connectivity index (χ3n) is 3.07. The van der Waals surface area contributed by atoms with Gasteiger partial charge in [-0.15, -0.1) is 11.8 Å². The molecule has 5 heteroatoms. The van der Waals surface area contributed by atoms with Crippen molar-refractivity contribution in [3.05, 3.63) is 58.1 Å². The van der Waals surface area contributed by atoms with E-state index in [1.165, 1.54) is 10.5 Å². The van der Waals surface area contributed by atoms with E-state index < -0.39 is 0 Å². The maximum absolute atomic E-state index is 12.3. The van der Waals surface area contributed by atoms with Crippen LogP contribution in [0.15, 0.2) is 47.4 Å². The predicted octanol–water partition coefficient (Wildman–Crippen LogP) is 4.65. The maximum atomic E-state index is 12.3. The number of nitrogens with one attached hydrogen (secondary N) is 1. The molecule has 0 spiro atoms. The van der Waals surface area contributed by atoms with Crippen molar-refractivity contribution in [2.45, 2.75) is 16.6 Å². The number of halogens is 2. The van der Waals surface area contributed by atoms with Crippen LogP contribution in [0.5, 0.6) is 0 Å². The molecule has 1 atom stereocenters. The third kappa shape index (κ3) is 2.95. The number of fused-ring (bicyclic) bond motifs is 1. The van der Waals surface area contributed by atoms with Crippen LogP contribution >= 0.6 is 35.0 Å². The summed E-state index contributed by atoms with van der Waals surface area (Å²) < 4.78 is 0. The normalized spacial score (nSPS) is 16.8. The lowest BCUT2D eigenvalue weighted by molar-refractivity contribution is -0.115. The first-order valence-electron chi connectivity index (χ1n) is 6.13. The van der Waals surface area contributed by atoms with Crippen molar-refractivity contribution in [2.24, 2.45) is 0 Å². The van der Waals surface area contributed by atoms with Crippen LogP contribution in [0, 0.1) is 0 Å². The van der Waals surface area contributed by atoms with E-state index in [-0.39, 0.29) is 11.2 Å². The fraction of sp³-hybridized carbons (Fsp3) is 0.133. The van der Waals surface area contributed by atoms with Crippen LogP contribution in [0.1, 0.15) is 5.56 Å². The summed E-state index contributed by atoms with van der Waals surface area (Å²) >= 11 is 13.4. The fourth-order valence-electron chi connectivity index (χ4n) is 2.18. The number of thioether (sulfide) groups is 1. The monoisotopic (exact) mass is 323 g/mol. The van der Waals surface area contributed by atoms with E-state index in [1.54, 1.807) is 30.0 Å². The lowest BCUT2D eigenvalue weighted by Gasteiger charge is -2.10. The molecule has 3 rings (SSSR count). The van der Waals surface area contributed by atoms with Gasteiger partial charge in [-0.1, -0.05) is 41.4 Å². The second-order valence-electron chi connectivity index (χ2n) is 4.57. The van der Waals surface area contributed by atoms with Gasteiger partial charge in [0, 0.05) is 20.6 Å². The number of hydrogen-bond donors (Lipinski definition) is 1. The quantitative estimate of drug-likeness (QED) is 0.871. The van der Waals surface area contributed by atoms with Gasteiger partial charge in [-0.2, -0.15) is 0 Å². The molecule has 0 saturated carbocycles. The first-order valence-corrected chi connectivity index (χ1v) is 7.77. The zero-order chi connectivity index (χ0) is 14.1. The van der Waals surface area contributed by atoms with Crippen LogP contribution in [0.4, 0.5) is 5.69 Å². The number of carbonyl (C=O) groups is 1. The van der Waals surface area contributed by atoms with Crippen molar-refractivity contribution >= 4 is 46.6 Å². The Bertz CT molecular complexity index is 629. The minimum absolute atomic E-state index is 0.0236. The molecule has 2 aromatic carbocycles. The second-order valence-corrected chi connectivity index (χ2v) is 6.68. The summed E-state index contributed by atoms with van der Waals surface area (Å²) in [6.07, 6.45) is 0.751. The highest BCUT2D eigenvalue weighted by molar-refractivity contribution is 8.01. The Morgan fingerprint density at radius 2 is 1.85 bits per heavy atom. The molecule has 1 heterocycles. The van der Waals surface area contributed by atoms with Crippen LogP contribution in [0.2, 0.25) is 10.0 Å². The third-order valence-corrected chi connectivity index (χ3v) is 4.82. The molecule has 0 saturated heterocycles. The highest BCUT2D eigenvalue weighted by Crippen LogP contribution is 2.37. The molecule has 1 aliphatic heterocycles. The molecule has 0 radical (unpaired) electrons. The van der Waals surface area contributed by atoms with Gasteiger partial charge in [-0.3, -0.25) is 4.79 Å². The molecule has 2 aromatic rings. The summed E-state index contributed by atoms with van der Waals surface area (Å²) in [6, 6.07) is 13.1. The molecule has 0 fully saturated rings. The van der Waals surface area contributed by atoms with Gasteiger partial charge in [0.15, 0.2) is 0 Å². The molecular formula is C15H11Cl2NOS. The van der Waals surface area contributed by atoms with Crippen molar-refractivity contribution in [2.75, 3.05) is 5.32 Å². The Labute approximate surface area is 131 Å². The molecule has 1 aliphatic rings. The van der Waals surface area contributed by atoms with Gasteiger partial charge in [0.05, 0.1) is 5.25 Å². The van der Waals surface area contributed by atoms with E-state index in [1.807, 2.05) is 18.2 Å². The van der Waals surface area contributed by atoms with Crippen LogP contribution < -0.4 is 5.32 Å². The summed E-state index contributed by atoms with van der Waals surface area (Å²) in [5, 5.41) is 3.78. The SMILES string of the molecule is O=C(Nc1cc(Cl)cc(Cl)c1)C1Cc2ccccc2S1. The van der Waals surface area contributed by atoms with E-state index in [9.17, 15) is 4.79 Å². The van der Waals surface area contributed by atoms with Crippen molar-refractivity contribution in [1.82, 2.24) is 0 Å². The minimum Gasteiger partial charge on any atom is -0.325 e. The van der Waals surface area contributed by atoms with Crippen molar-refractivity contribution in [3.8, 4) is 0 Å². The molecule has 0 aromatic heterocycles. The Kier molecular flexibility index (Phi) is 3.92. The van der Waals surface area contributed by atoms with Crippen LogP contribution in [0.25, 0.3) is 0 Å². The highest BCUT2D eigenvalue weighted by atomic mass is 35.5. The molecule has 0 aliphatic carbocycles. The highest BCUT2D eigenvalue weighted by Gasteiger charge is 2.27. The lowest BCUT2D eigenvalue weighted by Crippen LogP contribution is -2.24. The zero-order valence-corrected chi connectivity index (χ0v) is 12.7. The van der Waals surface area contributed by atoms with Crippen molar-refractivity contribution in [3.63, 3.8) is 0 Å². The standard InChI is InChI=1S/C15H11Cl2NOS/c16-10-6-11(17)8-12(7-10)18-15(19)14-5-9-3-1-2-4-13(9)20-14/h1-4,6-8,14H,5H2,(H,18,19). The number of amides is 1. The molecule has 1 amide bonds. The van der Waals surface area contributed by atoms with E-state index in [2.05, 4.69) is 11.4 Å². The molecule has 1 unspecified atom stereocenters. The fourth-order valence-corrected chi connectivity index (χ4v) is 3.90. The van der Waals surface area contributed by atoms with Gasteiger partial charge in [-0.25, -0.2) is 0 Å².